The third-order valence-corrected chi connectivity index (χ3v) is 3.05. The minimum absolute atomic E-state index is 0.417. The van der Waals surface area contributed by atoms with Gasteiger partial charge in [-0.2, -0.15) is 5.10 Å². The SMILES string of the molecule is COCCn1cc(NC(COC)C2CC2)cn1. The van der Waals surface area contributed by atoms with Crippen molar-refractivity contribution in [3.63, 3.8) is 0 Å². The smallest absolute Gasteiger partial charge is 0.0729 e. The first-order valence-corrected chi connectivity index (χ1v) is 6.10. The zero-order chi connectivity index (χ0) is 12.1. The molecule has 1 atom stereocenters. The number of nitrogens with one attached hydrogen (secondary N) is 1. The van der Waals surface area contributed by atoms with Gasteiger partial charge >= 0.3 is 0 Å². The van der Waals surface area contributed by atoms with Crippen LogP contribution in [0.1, 0.15) is 12.8 Å². The van der Waals surface area contributed by atoms with E-state index in [0.29, 0.717) is 12.6 Å². The highest BCUT2D eigenvalue weighted by atomic mass is 16.5. The molecule has 1 fully saturated rings. The molecule has 5 heteroatoms. The van der Waals surface area contributed by atoms with Crippen LogP contribution in [0.2, 0.25) is 0 Å². The van der Waals surface area contributed by atoms with Crippen molar-refractivity contribution in [3.05, 3.63) is 12.4 Å². The first-order valence-electron chi connectivity index (χ1n) is 6.10. The van der Waals surface area contributed by atoms with Gasteiger partial charge < -0.3 is 14.8 Å². The lowest BCUT2D eigenvalue weighted by Gasteiger charge is -2.16. The molecule has 1 aromatic rings. The maximum absolute atomic E-state index is 5.24. The van der Waals surface area contributed by atoms with Crippen molar-refractivity contribution in [3.8, 4) is 0 Å². The van der Waals surface area contributed by atoms with Gasteiger partial charge in [0.15, 0.2) is 0 Å². The van der Waals surface area contributed by atoms with E-state index in [0.717, 1.165) is 24.8 Å². The second-order valence-electron chi connectivity index (χ2n) is 4.53. The summed E-state index contributed by atoms with van der Waals surface area (Å²) in [6.45, 7) is 2.23. The van der Waals surface area contributed by atoms with Crippen molar-refractivity contribution in [2.75, 3.05) is 32.8 Å². The first-order chi connectivity index (χ1) is 8.33. The molecular weight excluding hydrogens is 218 g/mol. The summed E-state index contributed by atoms with van der Waals surface area (Å²) in [4.78, 5) is 0. The number of methoxy groups -OCH3 is 2. The van der Waals surface area contributed by atoms with Crippen LogP contribution < -0.4 is 5.32 Å². The molecule has 5 nitrogen and oxygen atoms in total. The van der Waals surface area contributed by atoms with Gasteiger partial charge in [-0.1, -0.05) is 0 Å². The van der Waals surface area contributed by atoms with Gasteiger partial charge in [-0.3, -0.25) is 4.68 Å². The quantitative estimate of drug-likeness (QED) is 0.744. The summed E-state index contributed by atoms with van der Waals surface area (Å²) in [5.74, 6) is 0.761. The van der Waals surface area contributed by atoms with E-state index < -0.39 is 0 Å². The van der Waals surface area contributed by atoms with E-state index in [2.05, 4.69) is 10.4 Å². The molecule has 0 saturated heterocycles. The van der Waals surface area contributed by atoms with Crippen LogP contribution >= 0.6 is 0 Å². The summed E-state index contributed by atoms with van der Waals surface area (Å²) >= 11 is 0. The second-order valence-corrected chi connectivity index (χ2v) is 4.53. The Kier molecular flexibility index (Phi) is 4.39. The number of hydrogen-bond donors (Lipinski definition) is 1. The van der Waals surface area contributed by atoms with Crippen LogP contribution in [0.5, 0.6) is 0 Å². The molecule has 0 spiro atoms. The summed E-state index contributed by atoms with van der Waals surface area (Å²) in [6, 6.07) is 0.417. The number of rotatable bonds is 8. The third kappa shape index (κ3) is 3.71. The van der Waals surface area contributed by atoms with Gasteiger partial charge in [-0.25, -0.2) is 0 Å². The Balaban J connectivity index is 1.85. The van der Waals surface area contributed by atoms with Crippen molar-refractivity contribution < 1.29 is 9.47 Å². The number of ether oxygens (including phenoxy) is 2. The van der Waals surface area contributed by atoms with E-state index in [1.165, 1.54) is 12.8 Å². The van der Waals surface area contributed by atoms with Crippen molar-refractivity contribution in [2.45, 2.75) is 25.4 Å². The summed E-state index contributed by atoms with van der Waals surface area (Å²) in [7, 11) is 3.45. The maximum Gasteiger partial charge on any atom is 0.0729 e. The highest BCUT2D eigenvalue weighted by molar-refractivity contribution is 5.39. The average Bonchev–Trinajstić information content (AvgIpc) is 3.08. The monoisotopic (exact) mass is 239 g/mol. The van der Waals surface area contributed by atoms with E-state index in [1.54, 1.807) is 14.2 Å². The number of anilines is 1. The van der Waals surface area contributed by atoms with Crippen LogP contribution in [0.15, 0.2) is 12.4 Å². The largest absolute Gasteiger partial charge is 0.383 e. The predicted molar refractivity (Wildman–Crippen MR) is 66.1 cm³/mol. The Hall–Kier alpha value is -1.07. The van der Waals surface area contributed by atoms with Gasteiger partial charge in [-0.15, -0.1) is 0 Å². The van der Waals surface area contributed by atoms with E-state index >= 15 is 0 Å². The summed E-state index contributed by atoms with van der Waals surface area (Å²) < 4.78 is 12.2. The molecule has 17 heavy (non-hydrogen) atoms. The lowest BCUT2D eigenvalue weighted by atomic mass is 10.2. The zero-order valence-corrected chi connectivity index (χ0v) is 10.6. The van der Waals surface area contributed by atoms with Gasteiger partial charge in [0.2, 0.25) is 0 Å². The predicted octanol–water partition coefficient (Wildman–Crippen LogP) is 1.37. The maximum atomic E-state index is 5.24. The van der Waals surface area contributed by atoms with Crippen molar-refractivity contribution in [1.29, 1.82) is 0 Å². The van der Waals surface area contributed by atoms with E-state index in [9.17, 15) is 0 Å². The van der Waals surface area contributed by atoms with Gasteiger partial charge in [0.1, 0.15) is 0 Å². The number of nitrogens with zero attached hydrogens (tertiary/aromatic N) is 2. The molecule has 96 valence electrons. The Morgan fingerprint density at radius 2 is 2.29 bits per heavy atom. The molecule has 1 saturated carbocycles. The Morgan fingerprint density at radius 1 is 1.47 bits per heavy atom. The molecule has 0 radical (unpaired) electrons. The number of hydrogen-bond acceptors (Lipinski definition) is 4. The van der Waals surface area contributed by atoms with E-state index in [1.807, 2.05) is 17.1 Å². The Morgan fingerprint density at radius 3 is 2.94 bits per heavy atom. The molecule has 1 aliphatic carbocycles. The lowest BCUT2D eigenvalue weighted by molar-refractivity contribution is 0.179. The molecule has 0 bridgehead atoms. The van der Waals surface area contributed by atoms with E-state index in [4.69, 9.17) is 9.47 Å². The van der Waals surface area contributed by atoms with Crippen molar-refractivity contribution in [2.24, 2.45) is 5.92 Å². The molecule has 1 N–H and O–H groups in total. The minimum Gasteiger partial charge on any atom is -0.383 e. The Labute approximate surface area is 102 Å². The van der Waals surface area contributed by atoms with Crippen LogP contribution in [-0.2, 0) is 16.0 Å². The second kappa shape index (κ2) is 6.02. The fraction of sp³-hybridized carbons (Fsp3) is 0.750. The fourth-order valence-electron chi connectivity index (χ4n) is 1.93. The zero-order valence-electron chi connectivity index (χ0n) is 10.6. The molecule has 0 amide bonds. The molecule has 2 rings (SSSR count). The molecule has 0 aromatic carbocycles. The summed E-state index contributed by atoms with van der Waals surface area (Å²) in [5.41, 5.74) is 1.06. The van der Waals surface area contributed by atoms with Gasteiger partial charge in [0.05, 0.1) is 37.7 Å². The molecule has 0 aliphatic heterocycles. The summed E-state index contributed by atoms with van der Waals surface area (Å²) in [5, 5.41) is 7.77. The summed E-state index contributed by atoms with van der Waals surface area (Å²) in [6.07, 6.45) is 6.49. The molecule has 1 unspecified atom stereocenters. The first kappa shape index (κ1) is 12.4. The number of aromatic nitrogens is 2. The van der Waals surface area contributed by atoms with Crippen LogP contribution in [0.25, 0.3) is 0 Å². The molecular formula is C12H21N3O2. The average molecular weight is 239 g/mol. The van der Waals surface area contributed by atoms with Gasteiger partial charge in [0, 0.05) is 20.4 Å². The standard InChI is InChI=1S/C12H21N3O2/c1-16-6-5-15-8-11(7-13-15)14-12(9-17-2)10-3-4-10/h7-8,10,12,14H,3-6,9H2,1-2H3. The van der Waals surface area contributed by atoms with Crippen LogP contribution in [-0.4, -0.2) is 43.3 Å². The van der Waals surface area contributed by atoms with Crippen LogP contribution in [0.4, 0.5) is 5.69 Å². The topological polar surface area (TPSA) is 48.3 Å². The van der Waals surface area contributed by atoms with Gasteiger partial charge in [0.25, 0.3) is 0 Å². The molecule has 1 aliphatic rings. The normalized spacial score (nSPS) is 17.1. The third-order valence-electron chi connectivity index (χ3n) is 3.05. The lowest BCUT2D eigenvalue weighted by Crippen LogP contribution is -2.26. The van der Waals surface area contributed by atoms with Crippen LogP contribution in [0.3, 0.4) is 0 Å². The van der Waals surface area contributed by atoms with Crippen LogP contribution in [0, 0.1) is 5.92 Å². The molecule has 1 heterocycles. The Bertz CT molecular complexity index is 336. The fourth-order valence-corrected chi connectivity index (χ4v) is 1.93. The van der Waals surface area contributed by atoms with Crippen molar-refractivity contribution >= 4 is 5.69 Å². The highest BCUT2D eigenvalue weighted by Gasteiger charge is 2.31. The molecule has 1 aromatic heterocycles. The van der Waals surface area contributed by atoms with E-state index in [-0.39, 0.29) is 0 Å². The minimum atomic E-state index is 0.417. The van der Waals surface area contributed by atoms with Gasteiger partial charge in [-0.05, 0) is 18.8 Å². The highest BCUT2D eigenvalue weighted by Crippen LogP contribution is 2.34. The van der Waals surface area contributed by atoms with Crippen molar-refractivity contribution in [1.82, 2.24) is 9.78 Å².